The molecule has 0 fully saturated rings. The molecule has 2 nitrogen and oxygen atoms in total. The molecule has 0 amide bonds. The average Bonchev–Trinajstić information content (AvgIpc) is 2.19. The molecule has 0 N–H and O–H groups in total. The Hall–Kier alpha value is -1.18. The Balaban J connectivity index is 0.000000791. The summed E-state index contributed by atoms with van der Waals surface area (Å²) in [4.78, 5) is 2.12. The molecule has 0 radical (unpaired) electrons. The number of hydrogen-bond acceptors (Lipinski definition) is 2. The van der Waals surface area contributed by atoms with E-state index in [2.05, 4.69) is 18.1 Å². The highest BCUT2D eigenvalue weighted by molar-refractivity contribution is 5.27. The van der Waals surface area contributed by atoms with Crippen molar-refractivity contribution in [3.05, 3.63) is 36.8 Å². The zero-order valence-corrected chi connectivity index (χ0v) is 9.71. The van der Waals surface area contributed by atoms with Crippen molar-refractivity contribution in [2.24, 2.45) is 0 Å². The molecule has 0 aromatic rings. The molecule has 1 unspecified atom stereocenters. The summed E-state index contributed by atoms with van der Waals surface area (Å²) in [5.41, 5.74) is 1.02. The second-order valence-corrected chi connectivity index (χ2v) is 2.97. The molecule has 1 atom stereocenters. The van der Waals surface area contributed by atoms with E-state index in [4.69, 9.17) is 4.74 Å². The fraction of sp³-hybridized carbons (Fsp3) is 0.500. The molecule has 0 bridgehead atoms. The van der Waals surface area contributed by atoms with Gasteiger partial charge in [-0.1, -0.05) is 27.0 Å². The van der Waals surface area contributed by atoms with Crippen molar-refractivity contribution in [1.82, 2.24) is 4.90 Å². The van der Waals surface area contributed by atoms with Crippen LogP contribution in [0.15, 0.2) is 36.8 Å². The van der Waals surface area contributed by atoms with Gasteiger partial charge in [0.1, 0.15) is 11.9 Å². The Kier molecular flexibility index (Phi) is 5.77. The number of hydrogen-bond donors (Lipinski definition) is 0. The van der Waals surface area contributed by atoms with Gasteiger partial charge in [-0.05, 0) is 19.1 Å². The van der Waals surface area contributed by atoms with Crippen LogP contribution in [0.4, 0.5) is 0 Å². The van der Waals surface area contributed by atoms with Crippen molar-refractivity contribution >= 4 is 0 Å². The van der Waals surface area contributed by atoms with Gasteiger partial charge in [0, 0.05) is 7.05 Å². The summed E-state index contributed by atoms with van der Waals surface area (Å²) in [6.45, 7) is 14.4. The van der Waals surface area contributed by atoms with Crippen LogP contribution in [0.25, 0.3) is 0 Å². The van der Waals surface area contributed by atoms with Gasteiger partial charge in [0.25, 0.3) is 0 Å². The van der Waals surface area contributed by atoms with Crippen molar-refractivity contribution in [2.45, 2.75) is 26.9 Å². The summed E-state index contributed by atoms with van der Waals surface area (Å²) in [5.74, 6) is 0.825. The van der Waals surface area contributed by atoms with Crippen molar-refractivity contribution < 1.29 is 4.74 Å². The molecule has 2 heteroatoms. The first-order chi connectivity index (χ1) is 6.69. The van der Waals surface area contributed by atoms with Crippen molar-refractivity contribution in [3.63, 3.8) is 0 Å². The molecule has 1 heterocycles. The SMILES string of the molecule is C=CC1=C(C=C)N(C)CC(C)O1.CC. The highest BCUT2D eigenvalue weighted by Gasteiger charge is 2.18. The fourth-order valence-corrected chi connectivity index (χ4v) is 1.40. The maximum Gasteiger partial charge on any atom is 0.142 e. The predicted molar refractivity (Wildman–Crippen MR) is 61.9 cm³/mol. The number of ether oxygens (including phenoxy) is 1. The molecule has 1 aliphatic heterocycles. The Morgan fingerprint density at radius 1 is 1.36 bits per heavy atom. The Bertz CT molecular complexity index is 230. The summed E-state index contributed by atoms with van der Waals surface area (Å²) in [5, 5.41) is 0. The van der Waals surface area contributed by atoms with Gasteiger partial charge in [-0.3, -0.25) is 0 Å². The molecule has 1 rings (SSSR count). The second kappa shape index (κ2) is 6.30. The maximum absolute atomic E-state index is 5.56. The number of rotatable bonds is 2. The second-order valence-electron chi connectivity index (χ2n) is 2.97. The van der Waals surface area contributed by atoms with Crippen LogP contribution in [-0.2, 0) is 4.74 Å². The fourth-order valence-electron chi connectivity index (χ4n) is 1.40. The summed E-state index contributed by atoms with van der Waals surface area (Å²) < 4.78 is 5.56. The lowest BCUT2D eigenvalue weighted by Crippen LogP contribution is -2.33. The molecule has 1 aliphatic rings. The first-order valence-electron chi connectivity index (χ1n) is 5.06. The van der Waals surface area contributed by atoms with Crippen LogP contribution in [0.5, 0.6) is 0 Å². The molecule has 0 saturated carbocycles. The zero-order valence-electron chi connectivity index (χ0n) is 9.71. The van der Waals surface area contributed by atoms with E-state index in [1.165, 1.54) is 0 Å². The lowest BCUT2D eigenvalue weighted by Gasteiger charge is -2.32. The number of nitrogens with zero attached hydrogens (tertiary/aromatic N) is 1. The van der Waals surface area contributed by atoms with E-state index in [9.17, 15) is 0 Å². The first-order valence-corrected chi connectivity index (χ1v) is 5.06. The van der Waals surface area contributed by atoms with Gasteiger partial charge in [0.15, 0.2) is 0 Å². The Morgan fingerprint density at radius 2 is 1.93 bits per heavy atom. The van der Waals surface area contributed by atoms with Crippen LogP contribution in [-0.4, -0.2) is 24.6 Å². The van der Waals surface area contributed by atoms with Crippen molar-refractivity contribution in [2.75, 3.05) is 13.6 Å². The van der Waals surface area contributed by atoms with E-state index in [1.807, 2.05) is 27.8 Å². The van der Waals surface area contributed by atoms with E-state index >= 15 is 0 Å². The van der Waals surface area contributed by atoms with Gasteiger partial charge < -0.3 is 9.64 Å². The zero-order chi connectivity index (χ0) is 11.1. The van der Waals surface area contributed by atoms with Crippen molar-refractivity contribution in [1.29, 1.82) is 0 Å². The molecule has 0 saturated heterocycles. The first kappa shape index (κ1) is 12.8. The highest BCUT2D eigenvalue weighted by Crippen LogP contribution is 2.20. The van der Waals surface area contributed by atoms with Crippen LogP contribution in [0.2, 0.25) is 0 Å². The van der Waals surface area contributed by atoms with Gasteiger partial charge >= 0.3 is 0 Å². The topological polar surface area (TPSA) is 12.5 Å². The Labute approximate surface area is 87.6 Å². The van der Waals surface area contributed by atoms with Gasteiger partial charge in [0.05, 0.1) is 12.2 Å². The summed E-state index contributed by atoms with van der Waals surface area (Å²) in [6.07, 6.45) is 3.75. The van der Waals surface area contributed by atoms with Crippen LogP contribution >= 0.6 is 0 Å². The van der Waals surface area contributed by atoms with Crippen LogP contribution in [0, 0.1) is 0 Å². The number of likely N-dealkylation sites (N-methyl/N-ethyl adjacent to an activating group) is 1. The molecular formula is C12H21NO. The van der Waals surface area contributed by atoms with E-state index in [1.54, 1.807) is 12.2 Å². The maximum atomic E-state index is 5.56. The minimum atomic E-state index is 0.228. The third-order valence-electron chi connectivity index (χ3n) is 1.90. The lowest BCUT2D eigenvalue weighted by molar-refractivity contribution is 0.0829. The summed E-state index contributed by atoms with van der Waals surface area (Å²) in [6, 6.07) is 0. The quantitative estimate of drug-likeness (QED) is 0.671. The molecule has 80 valence electrons. The van der Waals surface area contributed by atoms with E-state index in [0.29, 0.717) is 0 Å². The van der Waals surface area contributed by atoms with Gasteiger partial charge in [-0.2, -0.15) is 0 Å². The van der Waals surface area contributed by atoms with Crippen molar-refractivity contribution in [3.8, 4) is 0 Å². The molecule has 0 aliphatic carbocycles. The third kappa shape index (κ3) is 2.95. The Morgan fingerprint density at radius 3 is 2.36 bits per heavy atom. The molecule has 0 aromatic carbocycles. The standard InChI is InChI=1S/C10H15NO.C2H6/c1-5-9-10(6-2)12-8(3)7-11(9)4;1-2/h5-6,8H,1-2,7H2,3-4H3;1-2H3. The normalized spacial score (nSPS) is 20.6. The average molecular weight is 195 g/mol. The minimum Gasteiger partial charge on any atom is -0.487 e. The van der Waals surface area contributed by atoms with E-state index in [0.717, 1.165) is 18.0 Å². The summed E-state index contributed by atoms with van der Waals surface area (Å²) in [7, 11) is 2.03. The van der Waals surface area contributed by atoms with Gasteiger partial charge in [-0.15, -0.1) is 0 Å². The summed E-state index contributed by atoms with van der Waals surface area (Å²) >= 11 is 0. The van der Waals surface area contributed by atoms with E-state index in [-0.39, 0.29) is 6.10 Å². The number of allylic oxidation sites excluding steroid dienone is 2. The van der Waals surface area contributed by atoms with E-state index < -0.39 is 0 Å². The molecule has 14 heavy (non-hydrogen) atoms. The van der Waals surface area contributed by atoms with Gasteiger partial charge in [0.2, 0.25) is 0 Å². The van der Waals surface area contributed by atoms with Crippen LogP contribution in [0.1, 0.15) is 20.8 Å². The van der Waals surface area contributed by atoms with Gasteiger partial charge in [-0.25, -0.2) is 0 Å². The van der Waals surface area contributed by atoms with Crippen LogP contribution < -0.4 is 0 Å². The third-order valence-corrected chi connectivity index (χ3v) is 1.90. The smallest absolute Gasteiger partial charge is 0.142 e. The monoisotopic (exact) mass is 195 g/mol. The minimum absolute atomic E-state index is 0.228. The largest absolute Gasteiger partial charge is 0.487 e. The predicted octanol–water partition coefficient (Wildman–Crippen LogP) is 2.95. The lowest BCUT2D eigenvalue weighted by atomic mass is 10.2. The molecule has 0 spiro atoms. The van der Waals surface area contributed by atoms with Crippen LogP contribution in [0.3, 0.4) is 0 Å². The highest BCUT2D eigenvalue weighted by atomic mass is 16.5. The molecule has 0 aromatic heterocycles. The molecular weight excluding hydrogens is 174 g/mol.